The molecule has 0 aliphatic rings. The molecule has 0 spiro atoms. The second kappa shape index (κ2) is 8.05. The molecular formula is C21H14F4N4O2. The molecule has 1 aromatic carbocycles. The van der Waals surface area contributed by atoms with Crippen molar-refractivity contribution in [2.75, 3.05) is 0 Å². The van der Waals surface area contributed by atoms with E-state index < -0.39 is 29.9 Å². The van der Waals surface area contributed by atoms with E-state index >= 15 is 0 Å². The minimum absolute atomic E-state index is 0.0796. The smallest absolute Gasteiger partial charge is 0.406 e. The third kappa shape index (κ3) is 4.63. The van der Waals surface area contributed by atoms with Gasteiger partial charge in [0.1, 0.15) is 22.9 Å². The molecule has 0 aliphatic heterocycles. The third-order valence-electron chi connectivity index (χ3n) is 4.43. The third-order valence-corrected chi connectivity index (χ3v) is 4.43. The normalized spacial score (nSPS) is 12.5. The summed E-state index contributed by atoms with van der Waals surface area (Å²) < 4.78 is 57.2. The van der Waals surface area contributed by atoms with E-state index in [4.69, 9.17) is 0 Å². The molecule has 0 radical (unpaired) electrons. The van der Waals surface area contributed by atoms with Gasteiger partial charge in [-0.3, -0.25) is 9.78 Å². The first-order valence-corrected chi connectivity index (χ1v) is 9.00. The minimum Gasteiger partial charge on any atom is -0.406 e. The molecule has 0 bridgehead atoms. The Kier molecular flexibility index (Phi) is 5.28. The van der Waals surface area contributed by atoms with E-state index in [0.29, 0.717) is 11.2 Å². The Balaban J connectivity index is 1.66. The van der Waals surface area contributed by atoms with Crippen LogP contribution < -0.4 is 10.1 Å². The Morgan fingerprint density at radius 2 is 1.81 bits per heavy atom. The van der Waals surface area contributed by atoms with Gasteiger partial charge >= 0.3 is 6.36 Å². The highest BCUT2D eigenvalue weighted by molar-refractivity contribution is 5.94. The monoisotopic (exact) mass is 430 g/mol. The van der Waals surface area contributed by atoms with Gasteiger partial charge in [-0.2, -0.15) is 0 Å². The largest absolute Gasteiger partial charge is 0.573 e. The summed E-state index contributed by atoms with van der Waals surface area (Å²) in [6.07, 6.45) is 1.32. The number of pyridine rings is 2. The first-order chi connectivity index (χ1) is 14.8. The van der Waals surface area contributed by atoms with Crippen molar-refractivity contribution in [3.05, 3.63) is 96.0 Å². The summed E-state index contributed by atoms with van der Waals surface area (Å²) in [5, 5.41) is 2.69. The van der Waals surface area contributed by atoms with E-state index in [1.54, 1.807) is 35.1 Å². The van der Waals surface area contributed by atoms with Crippen molar-refractivity contribution in [3.8, 4) is 5.75 Å². The molecule has 1 amide bonds. The number of rotatable bonds is 5. The Labute approximate surface area is 173 Å². The molecule has 0 aliphatic carbocycles. The van der Waals surface area contributed by atoms with Crippen LogP contribution in [0.1, 0.15) is 27.7 Å². The van der Waals surface area contributed by atoms with E-state index in [2.05, 4.69) is 20.0 Å². The highest BCUT2D eigenvalue weighted by atomic mass is 19.4. The number of benzene rings is 1. The summed E-state index contributed by atoms with van der Waals surface area (Å²) in [6.45, 7) is 0. The molecule has 1 N–H and O–H groups in total. The standard InChI is InChI=1S/C21H14F4N4O2/c22-16-2-1-9-27-19(16)18(13-3-6-15(7-4-13)31-21(23,24)25)28-20(30)14-5-8-17-26-10-11-29(17)12-14/h1-12,18H,(H,28,30)/t18-/m0/s1. The van der Waals surface area contributed by atoms with Gasteiger partial charge in [-0.1, -0.05) is 12.1 Å². The zero-order valence-electron chi connectivity index (χ0n) is 15.7. The number of amides is 1. The fraction of sp³-hybridized carbons (Fsp3) is 0.0952. The van der Waals surface area contributed by atoms with Crippen molar-refractivity contribution < 1.29 is 27.1 Å². The molecule has 0 fully saturated rings. The zero-order valence-corrected chi connectivity index (χ0v) is 15.7. The van der Waals surface area contributed by atoms with Crippen LogP contribution in [-0.4, -0.2) is 26.6 Å². The van der Waals surface area contributed by atoms with Gasteiger partial charge in [-0.05, 0) is 42.0 Å². The lowest BCUT2D eigenvalue weighted by Crippen LogP contribution is -2.30. The minimum atomic E-state index is -4.84. The van der Waals surface area contributed by atoms with Gasteiger partial charge in [0.25, 0.3) is 5.91 Å². The number of carbonyl (C=O) groups is 1. The van der Waals surface area contributed by atoms with Gasteiger partial charge in [-0.15, -0.1) is 13.2 Å². The summed E-state index contributed by atoms with van der Waals surface area (Å²) in [5.41, 5.74) is 1.17. The molecule has 158 valence electrons. The van der Waals surface area contributed by atoms with Crippen molar-refractivity contribution in [2.24, 2.45) is 0 Å². The number of carbonyl (C=O) groups excluding carboxylic acids is 1. The molecule has 4 rings (SSSR count). The van der Waals surface area contributed by atoms with Gasteiger partial charge in [0.15, 0.2) is 0 Å². The summed E-state index contributed by atoms with van der Waals surface area (Å²) in [6, 6.07) is 9.51. The SMILES string of the molecule is O=C(N[C@@H](c1ccc(OC(F)(F)F)cc1)c1ncccc1F)c1ccc2nccn2c1. The number of fused-ring (bicyclic) bond motifs is 1. The highest BCUT2D eigenvalue weighted by Gasteiger charge is 2.31. The fourth-order valence-corrected chi connectivity index (χ4v) is 3.05. The van der Waals surface area contributed by atoms with E-state index in [0.717, 1.165) is 12.1 Å². The first kappa shape index (κ1) is 20.3. The topological polar surface area (TPSA) is 68.5 Å². The van der Waals surface area contributed by atoms with Gasteiger partial charge in [-0.25, -0.2) is 9.37 Å². The number of aromatic nitrogens is 3. The van der Waals surface area contributed by atoms with Crippen LogP contribution in [0.3, 0.4) is 0 Å². The van der Waals surface area contributed by atoms with Gasteiger partial charge in [0.05, 0.1) is 11.6 Å². The molecule has 10 heteroatoms. The fourth-order valence-electron chi connectivity index (χ4n) is 3.05. The second-order valence-electron chi connectivity index (χ2n) is 6.50. The molecule has 1 atom stereocenters. The molecule has 0 saturated carbocycles. The van der Waals surface area contributed by atoms with E-state index in [1.807, 2.05) is 0 Å². The summed E-state index contributed by atoms with van der Waals surface area (Å²) in [4.78, 5) is 21.0. The maximum Gasteiger partial charge on any atom is 0.573 e. The van der Waals surface area contributed by atoms with Crippen LogP contribution in [0, 0.1) is 5.82 Å². The summed E-state index contributed by atoms with van der Waals surface area (Å²) >= 11 is 0. The van der Waals surface area contributed by atoms with Crippen molar-refractivity contribution in [1.82, 2.24) is 19.7 Å². The molecule has 0 unspecified atom stereocenters. The number of alkyl halides is 3. The number of halogens is 4. The molecule has 3 heterocycles. The molecule has 0 saturated heterocycles. The predicted octanol–water partition coefficient (Wildman–Crippen LogP) is 4.29. The van der Waals surface area contributed by atoms with Crippen LogP contribution >= 0.6 is 0 Å². The van der Waals surface area contributed by atoms with E-state index in [1.165, 1.54) is 30.5 Å². The van der Waals surface area contributed by atoms with Crippen LogP contribution in [0.25, 0.3) is 5.65 Å². The van der Waals surface area contributed by atoms with Crippen molar-refractivity contribution in [2.45, 2.75) is 12.4 Å². The lowest BCUT2D eigenvalue weighted by atomic mass is 10.0. The molecular weight excluding hydrogens is 416 g/mol. The van der Waals surface area contributed by atoms with Crippen LogP contribution in [0.15, 0.2) is 73.3 Å². The Bertz CT molecular complexity index is 1220. The lowest BCUT2D eigenvalue weighted by molar-refractivity contribution is -0.274. The maximum absolute atomic E-state index is 14.4. The number of ether oxygens (including phenoxy) is 1. The molecule has 6 nitrogen and oxygen atoms in total. The van der Waals surface area contributed by atoms with Crippen molar-refractivity contribution in [3.63, 3.8) is 0 Å². The quantitative estimate of drug-likeness (QED) is 0.480. The number of nitrogens with one attached hydrogen (secondary N) is 1. The Morgan fingerprint density at radius 1 is 1.03 bits per heavy atom. The number of nitrogens with zero attached hydrogens (tertiary/aromatic N) is 3. The predicted molar refractivity (Wildman–Crippen MR) is 102 cm³/mol. The lowest BCUT2D eigenvalue weighted by Gasteiger charge is -2.20. The van der Waals surface area contributed by atoms with Crippen molar-refractivity contribution >= 4 is 11.6 Å². The molecule has 31 heavy (non-hydrogen) atoms. The average molecular weight is 430 g/mol. The second-order valence-corrected chi connectivity index (χ2v) is 6.50. The number of hydrogen-bond acceptors (Lipinski definition) is 4. The molecule has 4 aromatic rings. The van der Waals surface area contributed by atoms with E-state index in [9.17, 15) is 22.4 Å². The highest BCUT2D eigenvalue weighted by Crippen LogP contribution is 2.28. The van der Waals surface area contributed by atoms with Crippen molar-refractivity contribution in [1.29, 1.82) is 0 Å². The molecule has 3 aromatic heterocycles. The Hall–Kier alpha value is -3.95. The van der Waals surface area contributed by atoms with Crippen LogP contribution in [0.4, 0.5) is 17.6 Å². The van der Waals surface area contributed by atoms with Crippen LogP contribution in [0.2, 0.25) is 0 Å². The summed E-state index contributed by atoms with van der Waals surface area (Å²) in [7, 11) is 0. The average Bonchev–Trinajstić information content (AvgIpc) is 3.20. The zero-order chi connectivity index (χ0) is 22.0. The van der Waals surface area contributed by atoms with Gasteiger partial charge < -0.3 is 14.5 Å². The Morgan fingerprint density at radius 3 is 2.52 bits per heavy atom. The first-order valence-electron chi connectivity index (χ1n) is 9.00. The van der Waals surface area contributed by atoms with Gasteiger partial charge in [0, 0.05) is 24.8 Å². The van der Waals surface area contributed by atoms with Gasteiger partial charge in [0.2, 0.25) is 0 Å². The van der Waals surface area contributed by atoms with Crippen LogP contribution in [-0.2, 0) is 0 Å². The maximum atomic E-state index is 14.4. The van der Waals surface area contributed by atoms with E-state index in [-0.39, 0.29) is 11.3 Å². The number of hydrogen-bond donors (Lipinski definition) is 1. The number of imidazole rings is 1. The van der Waals surface area contributed by atoms with Crippen LogP contribution in [0.5, 0.6) is 5.75 Å². The summed E-state index contributed by atoms with van der Waals surface area (Å²) in [5.74, 6) is -1.64.